The summed E-state index contributed by atoms with van der Waals surface area (Å²) in [6, 6.07) is 14.8. The van der Waals surface area contributed by atoms with Gasteiger partial charge in [0.25, 0.3) is 0 Å². The van der Waals surface area contributed by atoms with Crippen LogP contribution in [0, 0.1) is 6.92 Å². The molecule has 0 atom stereocenters. The quantitative estimate of drug-likeness (QED) is 0.748. The van der Waals surface area contributed by atoms with Crippen LogP contribution in [0.25, 0.3) is 0 Å². The van der Waals surface area contributed by atoms with Crippen LogP contribution in [0.15, 0.2) is 48.5 Å². The molecule has 0 aliphatic rings. The van der Waals surface area contributed by atoms with E-state index in [1.807, 2.05) is 31.2 Å². The van der Waals surface area contributed by atoms with E-state index in [9.17, 15) is 9.59 Å². The van der Waals surface area contributed by atoms with E-state index in [-0.39, 0.29) is 23.3 Å². The number of hydrogen-bond donors (Lipinski definition) is 3. The zero-order valence-corrected chi connectivity index (χ0v) is 14.4. The number of aryl methyl sites for hydroxylation is 1. The third-order valence-electron chi connectivity index (χ3n) is 3.31. The molecule has 0 aliphatic carbocycles. The summed E-state index contributed by atoms with van der Waals surface area (Å²) in [5.74, 6) is -0.332. The first-order valence-electron chi connectivity index (χ1n) is 7.47. The third kappa shape index (κ3) is 5.48. The lowest BCUT2D eigenvalue weighted by Crippen LogP contribution is -2.35. The van der Waals surface area contributed by atoms with E-state index in [0.29, 0.717) is 11.4 Å². The van der Waals surface area contributed by atoms with Crippen molar-refractivity contribution in [1.29, 1.82) is 0 Å². The fourth-order valence-corrected chi connectivity index (χ4v) is 2.42. The lowest BCUT2D eigenvalue weighted by Gasteiger charge is -2.11. The van der Waals surface area contributed by atoms with Crippen molar-refractivity contribution in [3.63, 3.8) is 0 Å². The highest BCUT2D eigenvalue weighted by molar-refractivity contribution is 7.80. The molecular formula is C18H19N3O2S. The molecule has 0 saturated heterocycles. The van der Waals surface area contributed by atoms with Crippen LogP contribution in [0.3, 0.4) is 0 Å². The summed E-state index contributed by atoms with van der Waals surface area (Å²) in [7, 11) is 0. The van der Waals surface area contributed by atoms with Crippen LogP contribution in [0.1, 0.15) is 18.1 Å². The van der Waals surface area contributed by atoms with Gasteiger partial charge in [-0.15, -0.1) is 0 Å². The highest BCUT2D eigenvalue weighted by atomic mass is 32.1. The van der Waals surface area contributed by atoms with Gasteiger partial charge in [0.2, 0.25) is 11.8 Å². The zero-order valence-electron chi connectivity index (χ0n) is 13.6. The molecule has 2 aromatic rings. The van der Waals surface area contributed by atoms with Crippen molar-refractivity contribution in [1.82, 2.24) is 5.32 Å². The van der Waals surface area contributed by atoms with Crippen LogP contribution in [-0.4, -0.2) is 16.9 Å². The van der Waals surface area contributed by atoms with Gasteiger partial charge in [0, 0.05) is 18.3 Å². The van der Waals surface area contributed by atoms with Crippen molar-refractivity contribution >= 4 is 40.5 Å². The molecule has 0 bridgehead atoms. The Bertz CT molecular complexity index is 774. The normalized spacial score (nSPS) is 9.92. The number of thiocarbonyl (C=S) groups is 1. The monoisotopic (exact) mass is 341 g/mol. The number of rotatable bonds is 4. The number of benzene rings is 2. The summed E-state index contributed by atoms with van der Waals surface area (Å²) < 4.78 is 0. The minimum atomic E-state index is -0.181. The molecule has 2 amide bonds. The van der Waals surface area contributed by atoms with Crippen LogP contribution >= 0.6 is 12.2 Å². The average molecular weight is 341 g/mol. The smallest absolute Gasteiger partial charge is 0.230 e. The predicted octanol–water partition coefficient (Wildman–Crippen LogP) is 3.01. The van der Waals surface area contributed by atoms with Gasteiger partial charge in [0.1, 0.15) is 0 Å². The summed E-state index contributed by atoms with van der Waals surface area (Å²) in [6.07, 6.45) is 0.264. The minimum absolute atomic E-state index is 0.152. The predicted molar refractivity (Wildman–Crippen MR) is 100.0 cm³/mol. The number of carbonyl (C=O) groups excluding carboxylic acids is 2. The molecule has 0 aliphatic heterocycles. The molecular weight excluding hydrogens is 322 g/mol. The van der Waals surface area contributed by atoms with Gasteiger partial charge in [-0.1, -0.05) is 30.3 Å². The molecule has 124 valence electrons. The molecule has 0 saturated carbocycles. The Morgan fingerprint density at radius 1 is 1.00 bits per heavy atom. The molecule has 0 fully saturated rings. The maximum Gasteiger partial charge on any atom is 0.230 e. The van der Waals surface area contributed by atoms with Gasteiger partial charge in [0.05, 0.1) is 6.42 Å². The highest BCUT2D eigenvalue weighted by Gasteiger charge is 2.08. The van der Waals surface area contributed by atoms with E-state index in [1.165, 1.54) is 6.92 Å². The number of hydrogen-bond acceptors (Lipinski definition) is 3. The molecule has 0 unspecified atom stereocenters. The first kappa shape index (κ1) is 17.6. The van der Waals surface area contributed by atoms with Gasteiger partial charge in [-0.2, -0.15) is 0 Å². The molecule has 3 N–H and O–H groups in total. The zero-order chi connectivity index (χ0) is 17.5. The van der Waals surface area contributed by atoms with E-state index < -0.39 is 0 Å². The maximum absolute atomic E-state index is 12.1. The standard InChI is InChI=1S/C18H19N3O2S/c1-12-6-3-4-7-14(12)10-17(23)21-18(24)20-16-9-5-8-15(11-16)19-13(2)22/h3-9,11H,10H2,1-2H3,(H,19,22)(H2,20,21,23,24). The van der Waals surface area contributed by atoms with E-state index in [4.69, 9.17) is 12.2 Å². The fraction of sp³-hybridized carbons (Fsp3) is 0.167. The highest BCUT2D eigenvalue weighted by Crippen LogP contribution is 2.15. The molecule has 0 spiro atoms. The third-order valence-corrected chi connectivity index (χ3v) is 3.51. The molecule has 0 aromatic heterocycles. The summed E-state index contributed by atoms with van der Waals surface area (Å²) >= 11 is 5.16. The second-order valence-electron chi connectivity index (χ2n) is 5.37. The Balaban J connectivity index is 1.92. The lowest BCUT2D eigenvalue weighted by molar-refractivity contribution is -0.119. The molecule has 5 nitrogen and oxygen atoms in total. The van der Waals surface area contributed by atoms with Gasteiger partial charge in [-0.3, -0.25) is 9.59 Å². The molecule has 0 heterocycles. The van der Waals surface area contributed by atoms with Gasteiger partial charge < -0.3 is 16.0 Å². The SMILES string of the molecule is CC(=O)Nc1cccc(NC(=S)NC(=O)Cc2ccccc2C)c1. The summed E-state index contributed by atoms with van der Waals surface area (Å²) in [5, 5.41) is 8.50. The fourth-order valence-electron chi connectivity index (χ4n) is 2.19. The van der Waals surface area contributed by atoms with Crippen molar-refractivity contribution in [2.75, 3.05) is 10.6 Å². The van der Waals surface area contributed by atoms with Crippen molar-refractivity contribution in [2.45, 2.75) is 20.3 Å². The molecule has 24 heavy (non-hydrogen) atoms. The van der Waals surface area contributed by atoms with E-state index in [2.05, 4.69) is 16.0 Å². The first-order chi connectivity index (χ1) is 11.4. The molecule has 6 heteroatoms. The minimum Gasteiger partial charge on any atom is -0.332 e. The Morgan fingerprint density at radius 2 is 1.67 bits per heavy atom. The van der Waals surface area contributed by atoms with Gasteiger partial charge in [-0.05, 0) is 48.5 Å². The van der Waals surface area contributed by atoms with Crippen LogP contribution in [0.5, 0.6) is 0 Å². The summed E-state index contributed by atoms with van der Waals surface area (Å²) in [5.41, 5.74) is 3.36. The van der Waals surface area contributed by atoms with Gasteiger partial charge in [0.15, 0.2) is 5.11 Å². The second kappa shape index (κ2) is 8.21. The van der Waals surface area contributed by atoms with Gasteiger partial charge >= 0.3 is 0 Å². The van der Waals surface area contributed by atoms with Crippen molar-refractivity contribution in [3.05, 3.63) is 59.7 Å². The first-order valence-corrected chi connectivity index (χ1v) is 7.88. The maximum atomic E-state index is 12.1. The van der Waals surface area contributed by atoms with Gasteiger partial charge in [-0.25, -0.2) is 0 Å². The molecule has 2 rings (SSSR count). The van der Waals surface area contributed by atoms with E-state index in [0.717, 1.165) is 11.1 Å². The molecule has 0 radical (unpaired) electrons. The van der Waals surface area contributed by atoms with E-state index in [1.54, 1.807) is 24.3 Å². The van der Waals surface area contributed by atoms with Crippen molar-refractivity contribution < 1.29 is 9.59 Å². The van der Waals surface area contributed by atoms with Crippen LogP contribution in [-0.2, 0) is 16.0 Å². The summed E-state index contributed by atoms with van der Waals surface area (Å²) in [6.45, 7) is 3.41. The molecule has 2 aromatic carbocycles. The Labute approximate surface area is 146 Å². The Hall–Kier alpha value is -2.73. The summed E-state index contributed by atoms with van der Waals surface area (Å²) in [4.78, 5) is 23.2. The topological polar surface area (TPSA) is 70.2 Å². The Kier molecular flexibility index (Phi) is 6.03. The Morgan fingerprint density at radius 3 is 2.33 bits per heavy atom. The second-order valence-corrected chi connectivity index (χ2v) is 5.78. The van der Waals surface area contributed by atoms with Crippen molar-refractivity contribution in [2.24, 2.45) is 0 Å². The van der Waals surface area contributed by atoms with E-state index >= 15 is 0 Å². The number of nitrogens with one attached hydrogen (secondary N) is 3. The van der Waals surface area contributed by atoms with Crippen LogP contribution in [0.4, 0.5) is 11.4 Å². The number of carbonyl (C=O) groups is 2. The van der Waals surface area contributed by atoms with Crippen LogP contribution < -0.4 is 16.0 Å². The van der Waals surface area contributed by atoms with Crippen LogP contribution in [0.2, 0.25) is 0 Å². The average Bonchev–Trinajstić information content (AvgIpc) is 2.49. The largest absolute Gasteiger partial charge is 0.332 e. The number of anilines is 2. The lowest BCUT2D eigenvalue weighted by atomic mass is 10.1. The number of amides is 2. The van der Waals surface area contributed by atoms with Crippen molar-refractivity contribution in [3.8, 4) is 0 Å².